The molecule has 3 N–H and O–H groups in total. The molecule has 19 heavy (non-hydrogen) atoms. The van der Waals surface area contributed by atoms with Gasteiger partial charge in [0, 0.05) is 11.4 Å². The molecule has 6 heteroatoms. The van der Waals surface area contributed by atoms with Crippen molar-refractivity contribution in [1.29, 1.82) is 0 Å². The molecule has 0 radical (unpaired) electrons. The van der Waals surface area contributed by atoms with Gasteiger partial charge in [-0.05, 0) is 12.5 Å². The molecular formula is C13H15N3O2S. The second kappa shape index (κ2) is 4.38. The number of nitrogen functional groups attached to an aromatic ring is 1. The number of fused-ring (bicyclic) bond motifs is 1. The maximum atomic E-state index is 11.5. The number of rotatable bonds is 2. The number of nitrogens with one attached hydrogen (secondary N) is 1. The molecule has 100 valence electrons. The number of nitrogens with zero attached hydrogens (tertiary/aromatic N) is 1. The van der Waals surface area contributed by atoms with Crippen LogP contribution in [0, 0.1) is 0 Å². The van der Waals surface area contributed by atoms with E-state index in [4.69, 9.17) is 5.73 Å². The van der Waals surface area contributed by atoms with Crippen molar-refractivity contribution in [2.75, 3.05) is 22.6 Å². The fourth-order valence-corrected chi connectivity index (χ4v) is 4.10. The van der Waals surface area contributed by atoms with Crippen molar-refractivity contribution < 1.29 is 8.42 Å². The van der Waals surface area contributed by atoms with Gasteiger partial charge in [0.2, 0.25) is 0 Å². The zero-order valence-electron chi connectivity index (χ0n) is 10.3. The topological polar surface area (TPSA) is 85.1 Å². The van der Waals surface area contributed by atoms with Gasteiger partial charge >= 0.3 is 0 Å². The molecule has 0 spiro atoms. The summed E-state index contributed by atoms with van der Waals surface area (Å²) in [5.74, 6) is 0.413. The monoisotopic (exact) mass is 277 g/mol. The molecule has 1 fully saturated rings. The van der Waals surface area contributed by atoms with Crippen molar-refractivity contribution in [3.8, 4) is 0 Å². The fourth-order valence-electron chi connectivity index (χ4n) is 2.43. The third-order valence-electron chi connectivity index (χ3n) is 3.39. The summed E-state index contributed by atoms with van der Waals surface area (Å²) < 4.78 is 23.0. The minimum absolute atomic E-state index is 0.0712. The minimum Gasteiger partial charge on any atom is -0.396 e. The van der Waals surface area contributed by atoms with Crippen LogP contribution < -0.4 is 11.1 Å². The first-order chi connectivity index (χ1) is 9.05. The van der Waals surface area contributed by atoms with Crippen molar-refractivity contribution in [3.63, 3.8) is 0 Å². The predicted octanol–water partition coefficient (Wildman–Crippen LogP) is 1.42. The SMILES string of the molecule is Nc1cnc2ccccc2c1NC1CCS(=O)(=O)C1. The van der Waals surface area contributed by atoms with Gasteiger partial charge in [0.25, 0.3) is 0 Å². The molecule has 1 aliphatic rings. The summed E-state index contributed by atoms with van der Waals surface area (Å²) >= 11 is 0. The lowest BCUT2D eigenvalue weighted by Gasteiger charge is -2.16. The molecule has 0 bridgehead atoms. The van der Waals surface area contributed by atoms with E-state index in [-0.39, 0.29) is 17.5 Å². The number of nitrogens with two attached hydrogens (primary N) is 1. The smallest absolute Gasteiger partial charge is 0.152 e. The normalized spacial score (nSPS) is 21.6. The highest BCUT2D eigenvalue weighted by Crippen LogP contribution is 2.29. The lowest BCUT2D eigenvalue weighted by molar-refractivity contribution is 0.602. The van der Waals surface area contributed by atoms with Crippen molar-refractivity contribution in [2.45, 2.75) is 12.5 Å². The van der Waals surface area contributed by atoms with Gasteiger partial charge in [-0.3, -0.25) is 4.98 Å². The molecular weight excluding hydrogens is 262 g/mol. The molecule has 2 aromatic rings. The lowest BCUT2D eigenvalue weighted by Crippen LogP contribution is -2.21. The van der Waals surface area contributed by atoms with E-state index in [0.29, 0.717) is 12.1 Å². The Morgan fingerprint density at radius 2 is 2.11 bits per heavy atom. The van der Waals surface area contributed by atoms with Crippen LogP contribution in [-0.4, -0.2) is 30.9 Å². The van der Waals surface area contributed by atoms with Crippen LogP contribution in [0.2, 0.25) is 0 Å². The molecule has 0 saturated carbocycles. The molecule has 3 rings (SSSR count). The first kappa shape index (κ1) is 12.2. The number of aromatic nitrogens is 1. The third-order valence-corrected chi connectivity index (χ3v) is 5.15. The molecule has 5 nitrogen and oxygen atoms in total. The minimum atomic E-state index is -2.90. The second-order valence-corrected chi connectivity index (χ2v) is 7.08. The Morgan fingerprint density at radius 3 is 2.84 bits per heavy atom. The summed E-state index contributed by atoms with van der Waals surface area (Å²) in [5, 5.41) is 4.19. The van der Waals surface area contributed by atoms with E-state index in [1.165, 1.54) is 0 Å². The van der Waals surface area contributed by atoms with Crippen LogP contribution in [0.25, 0.3) is 10.9 Å². The van der Waals surface area contributed by atoms with Crippen LogP contribution >= 0.6 is 0 Å². The standard InChI is InChI=1S/C13H15N3O2S/c14-11-7-15-12-4-2-1-3-10(12)13(11)16-9-5-6-19(17,18)8-9/h1-4,7,9H,5-6,8,14H2,(H,15,16). The van der Waals surface area contributed by atoms with Gasteiger partial charge in [0.15, 0.2) is 9.84 Å². The highest BCUT2D eigenvalue weighted by Gasteiger charge is 2.28. The number of sulfone groups is 1. The van der Waals surface area contributed by atoms with Crippen molar-refractivity contribution in [1.82, 2.24) is 4.98 Å². The number of benzene rings is 1. The third kappa shape index (κ3) is 2.35. The van der Waals surface area contributed by atoms with Crippen LogP contribution in [0.4, 0.5) is 11.4 Å². The first-order valence-corrected chi connectivity index (χ1v) is 7.97. The molecule has 1 aromatic heterocycles. The number of anilines is 2. The molecule has 1 saturated heterocycles. The molecule has 1 aromatic carbocycles. The Balaban J connectivity index is 1.99. The quantitative estimate of drug-likeness (QED) is 0.867. The molecule has 1 aliphatic heterocycles. The van der Waals surface area contributed by atoms with Gasteiger partial charge in [0.1, 0.15) is 0 Å². The van der Waals surface area contributed by atoms with E-state index >= 15 is 0 Å². The van der Waals surface area contributed by atoms with E-state index < -0.39 is 9.84 Å². The van der Waals surface area contributed by atoms with Gasteiger partial charge in [-0.15, -0.1) is 0 Å². The number of pyridine rings is 1. The van der Waals surface area contributed by atoms with Crippen molar-refractivity contribution >= 4 is 32.1 Å². The zero-order valence-corrected chi connectivity index (χ0v) is 11.2. The van der Waals surface area contributed by atoms with Gasteiger partial charge in [-0.2, -0.15) is 0 Å². The Morgan fingerprint density at radius 1 is 1.32 bits per heavy atom. The Hall–Kier alpha value is -1.82. The molecule has 0 amide bonds. The largest absolute Gasteiger partial charge is 0.396 e. The summed E-state index contributed by atoms with van der Waals surface area (Å²) in [5.41, 5.74) is 8.13. The van der Waals surface area contributed by atoms with E-state index in [0.717, 1.165) is 16.6 Å². The number of para-hydroxylation sites is 1. The van der Waals surface area contributed by atoms with E-state index in [9.17, 15) is 8.42 Å². The molecule has 1 atom stereocenters. The highest BCUT2D eigenvalue weighted by atomic mass is 32.2. The Bertz CT molecular complexity index is 728. The van der Waals surface area contributed by atoms with Gasteiger partial charge in [-0.1, -0.05) is 18.2 Å². The summed E-state index contributed by atoms with van der Waals surface area (Å²) in [4.78, 5) is 4.26. The molecule has 2 heterocycles. The molecule has 1 unspecified atom stereocenters. The van der Waals surface area contributed by atoms with Crippen molar-refractivity contribution in [3.05, 3.63) is 30.5 Å². The van der Waals surface area contributed by atoms with Crippen molar-refractivity contribution in [2.24, 2.45) is 0 Å². The summed E-state index contributed by atoms with van der Waals surface area (Å²) in [7, 11) is -2.90. The Kier molecular flexibility index (Phi) is 2.82. The highest BCUT2D eigenvalue weighted by molar-refractivity contribution is 7.91. The average molecular weight is 277 g/mol. The lowest BCUT2D eigenvalue weighted by atomic mass is 10.1. The number of hydrogen-bond donors (Lipinski definition) is 2. The maximum absolute atomic E-state index is 11.5. The summed E-state index contributed by atoms with van der Waals surface area (Å²) in [6.45, 7) is 0. The van der Waals surface area contributed by atoms with Crippen LogP contribution in [0.15, 0.2) is 30.5 Å². The fraction of sp³-hybridized carbons (Fsp3) is 0.308. The van der Waals surface area contributed by atoms with Crippen LogP contribution in [0.1, 0.15) is 6.42 Å². The van der Waals surface area contributed by atoms with E-state index in [2.05, 4.69) is 10.3 Å². The summed E-state index contributed by atoms with van der Waals surface area (Å²) in [6, 6.07) is 7.60. The van der Waals surface area contributed by atoms with Gasteiger partial charge < -0.3 is 11.1 Å². The van der Waals surface area contributed by atoms with Gasteiger partial charge in [-0.25, -0.2) is 8.42 Å². The van der Waals surface area contributed by atoms with E-state index in [1.807, 2.05) is 24.3 Å². The predicted molar refractivity (Wildman–Crippen MR) is 76.8 cm³/mol. The van der Waals surface area contributed by atoms with E-state index in [1.54, 1.807) is 6.20 Å². The van der Waals surface area contributed by atoms with Gasteiger partial charge in [0.05, 0.1) is 34.6 Å². The van der Waals surface area contributed by atoms with Crippen LogP contribution in [0.5, 0.6) is 0 Å². The van der Waals surface area contributed by atoms with Crippen LogP contribution in [-0.2, 0) is 9.84 Å². The first-order valence-electron chi connectivity index (χ1n) is 6.15. The number of hydrogen-bond acceptors (Lipinski definition) is 5. The Labute approximate surface area is 111 Å². The second-order valence-electron chi connectivity index (χ2n) is 4.85. The molecule has 0 aliphatic carbocycles. The van der Waals surface area contributed by atoms with Crippen LogP contribution in [0.3, 0.4) is 0 Å². The maximum Gasteiger partial charge on any atom is 0.152 e. The zero-order chi connectivity index (χ0) is 13.5. The summed E-state index contributed by atoms with van der Waals surface area (Å²) in [6.07, 6.45) is 2.23. The average Bonchev–Trinajstić information content (AvgIpc) is 2.72.